The molecule has 0 unspecified atom stereocenters. The number of hydrogen-bond acceptors (Lipinski definition) is 7. The average molecular weight is 224 g/mol. The minimum absolute atomic E-state index is 0.0136. The van der Waals surface area contributed by atoms with Crippen molar-refractivity contribution in [3.63, 3.8) is 0 Å². The Morgan fingerprint density at radius 1 is 1.50 bits per heavy atom. The lowest BCUT2D eigenvalue weighted by Gasteiger charge is -2.01. The molecule has 2 aromatic heterocycles. The van der Waals surface area contributed by atoms with Gasteiger partial charge in [0.15, 0.2) is 6.61 Å². The summed E-state index contributed by atoms with van der Waals surface area (Å²) >= 11 is 0. The molecule has 0 saturated heterocycles. The van der Waals surface area contributed by atoms with E-state index in [2.05, 4.69) is 14.7 Å². The lowest BCUT2D eigenvalue weighted by molar-refractivity contribution is 0.234. The number of nitrogens with zero attached hydrogens (tertiary/aromatic N) is 2. The molecule has 0 fully saturated rings. The van der Waals surface area contributed by atoms with E-state index >= 15 is 0 Å². The molecule has 0 aliphatic rings. The van der Waals surface area contributed by atoms with Crippen LogP contribution < -0.4 is 10.2 Å². The molecule has 2 heterocycles. The van der Waals surface area contributed by atoms with E-state index in [1.807, 2.05) is 0 Å². The minimum atomic E-state index is -0.376. The number of aromatic nitrogens is 2. The minimum Gasteiger partial charge on any atom is -0.478 e. The molecule has 0 spiro atoms. The third-order valence-electron chi connectivity index (χ3n) is 1.77. The van der Waals surface area contributed by atoms with Crippen LogP contribution in [-0.2, 0) is 13.2 Å². The Morgan fingerprint density at radius 3 is 3.00 bits per heavy atom. The van der Waals surface area contributed by atoms with E-state index in [1.54, 1.807) is 0 Å². The number of ether oxygens (including phenoxy) is 1. The SMILES string of the molecule is O=c1cc(CO)occ1OCc1ncon1. The van der Waals surface area contributed by atoms with Gasteiger partial charge in [-0.15, -0.1) is 0 Å². The smallest absolute Gasteiger partial charge is 0.227 e. The molecule has 0 aromatic carbocycles. The molecule has 84 valence electrons. The van der Waals surface area contributed by atoms with E-state index < -0.39 is 0 Å². The van der Waals surface area contributed by atoms with Gasteiger partial charge in [0.25, 0.3) is 0 Å². The number of hydrogen-bond donors (Lipinski definition) is 1. The standard InChI is InChI=1S/C9H8N2O5/c12-2-6-1-7(13)8(3-14-6)15-4-9-10-5-16-11-9/h1,3,5,12H,2,4H2. The Hall–Kier alpha value is -2.15. The Bertz CT molecular complexity index is 505. The van der Waals surface area contributed by atoms with Crippen molar-refractivity contribution < 1.29 is 18.8 Å². The van der Waals surface area contributed by atoms with E-state index in [0.29, 0.717) is 5.82 Å². The van der Waals surface area contributed by atoms with E-state index in [-0.39, 0.29) is 30.2 Å². The van der Waals surface area contributed by atoms with Crippen molar-refractivity contribution >= 4 is 0 Å². The third kappa shape index (κ3) is 2.26. The zero-order chi connectivity index (χ0) is 11.4. The highest BCUT2D eigenvalue weighted by Crippen LogP contribution is 2.07. The molecule has 2 aromatic rings. The first-order valence-electron chi connectivity index (χ1n) is 4.40. The molecule has 0 radical (unpaired) electrons. The van der Waals surface area contributed by atoms with Crippen molar-refractivity contribution in [1.82, 2.24) is 10.1 Å². The Morgan fingerprint density at radius 2 is 2.38 bits per heavy atom. The van der Waals surface area contributed by atoms with Crippen molar-refractivity contribution in [1.29, 1.82) is 0 Å². The number of aliphatic hydroxyl groups is 1. The van der Waals surface area contributed by atoms with Crippen LogP contribution in [0.5, 0.6) is 5.75 Å². The van der Waals surface area contributed by atoms with Gasteiger partial charge in [0.2, 0.25) is 23.4 Å². The van der Waals surface area contributed by atoms with E-state index in [9.17, 15) is 4.79 Å². The van der Waals surface area contributed by atoms with E-state index in [1.165, 1.54) is 0 Å². The van der Waals surface area contributed by atoms with Gasteiger partial charge in [0.1, 0.15) is 18.6 Å². The first kappa shape index (κ1) is 10.4. The van der Waals surface area contributed by atoms with Gasteiger partial charge in [-0.3, -0.25) is 4.79 Å². The maximum atomic E-state index is 11.4. The molecule has 16 heavy (non-hydrogen) atoms. The van der Waals surface area contributed by atoms with Gasteiger partial charge >= 0.3 is 0 Å². The molecular formula is C9H8N2O5. The van der Waals surface area contributed by atoms with Crippen LogP contribution in [0.4, 0.5) is 0 Å². The van der Waals surface area contributed by atoms with Crippen molar-refractivity contribution in [3.8, 4) is 5.75 Å². The molecule has 0 bridgehead atoms. The summed E-state index contributed by atoms with van der Waals surface area (Å²) in [4.78, 5) is 15.1. The fourth-order valence-electron chi connectivity index (χ4n) is 1.03. The predicted octanol–water partition coefficient (Wildman–Crippen LogP) is 0.0941. The van der Waals surface area contributed by atoms with Crippen LogP contribution in [-0.4, -0.2) is 15.2 Å². The first-order valence-corrected chi connectivity index (χ1v) is 4.40. The quantitative estimate of drug-likeness (QED) is 0.785. The fraction of sp³-hybridized carbons (Fsp3) is 0.222. The van der Waals surface area contributed by atoms with Gasteiger partial charge in [0, 0.05) is 6.07 Å². The largest absolute Gasteiger partial charge is 0.478 e. The molecule has 7 heteroatoms. The van der Waals surface area contributed by atoms with E-state index in [4.69, 9.17) is 14.3 Å². The summed E-state index contributed by atoms with van der Waals surface area (Å²) in [7, 11) is 0. The zero-order valence-electron chi connectivity index (χ0n) is 8.12. The maximum Gasteiger partial charge on any atom is 0.227 e. The lowest BCUT2D eigenvalue weighted by atomic mass is 10.4. The van der Waals surface area contributed by atoms with Crippen LogP contribution in [0, 0.1) is 0 Å². The highest BCUT2D eigenvalue weighted by molar-refractivity contribution is 5.17. The second-order valence-corrected chi connectivity index (χ2v) is 2.87. The normalized spacial score (nSPS) is 10.3. The summed E-state index contributed by atoms with van der Waals surface area (Å²) < 4.78 is 14.5. The summed E-state index contributed by atoms with van der Waals surface area (Å²) in [5.74, 6) is 0.532. The Balaban J connectivity index is 2.07. The topological polar surface area (TPSA) is 98.6 Å². The number of aliphatic hydroxyl groups excluding tert-OH is 1. The summed E-state index contributed by atoms with van der Waals surface area (Å²) in [6.45, 7) is -0.319. The second-order valence-electron chi connectivity index (χ2n) is 2.87. The molecule has 0 aliphatic carbocycles. The Labute approximate surface area is 89.3 Å². The highest BCUT2D eigenvalue weighted by atomic mass is 16.5. The van der Waals surface area contributed by atoms with Crippen molar-refractivity contribution in [2.45, 2.75) is 13.2 Å². The molecule has 7 nitrogen and oxygen atoms in total. The van der Waals surface area contributed by atoms with Gasteiger partial charge in [0.05, 0.1) is 0 Å². The summed E-state index contributed by atoms with van der Waals surface area (Å²) in [5, 5.41) is 12.2. The third-order valence-corrected chi connectivity index (χ3v) is 1.77. The molecule has 0 amide bonds. The van der Waals surface area contributed by atoms with Crippen LogP contribution in [0.15, 0.2) is 32.5 Å². The van der Waals surface area contributed by atoms with Gasteiger partial charge in [-0.2, -0.15) is 4.98 Å². The molecule has 0 aliphatic heterocycles. The van der Waals surface area contributed by atoms with Crippen LogP contribution in [0.2, 0.25) is 0 Å². The summed E-state index contributed by atoms with van der Waals surface area (Å²) in [5.41, 5.74) is -0.376. The van der Waals surface area contributed by atoms with Crippen LogP contribution in [0.1, 0.15) is 11.6 Å². The average Bonchev–Trinajstić information content (AvgIpc) is 2.80. The lowest BCUT2D eigenvalue weighted by Crippen LogP contribution is -2.08. The molecule has 1 N–H and O–H groups in total. The molecular weight excluding hydrogens is 216 g/mol. The van der Waals surface area contributed by atoms with Crippen LogP contribution >= 0.6 is 0 Å². The van der Waals surface area contributed by atoms with Gasteiger partial charge in [-0.1, -0.05) is 5.16 Å². The molecule has 0 saturated carbocycles. The van der Waals surface area contributed by atoms with Crippen LogP contribution in [0.3, 0.4) is 0 Å². The van der Waals surface area contributed by atoms with Gasteiger partial charge in [-0.05, 0) is 0 Å². The first-order chi connectivity index (χ1) is 7.79. The maximum absolute atomic E-state index is 11.4. The fourth-order valence-corrected chi connectivity index (χ4v) is 1.03. The van der Waals surface area contributed by atoms with Crippen molar-refractivity contribution in [3.05, 3.63) is 40.5 Å². The highest BCUT2D eigenvalue weighted by Gasteiger charge is 2.06. The molecule has 2 rings (SSSR count). The predicted molar refractivity (Wildman–Crippen MR) is 49.5 cm³/mol. The molecule has 0 atom stereocenters. The van der Waals surface area contributed by atoms with Crippen molar-refractivity contribution in [2.24, 2.45) is 0 Å². The monoisotopic (exact) mass is 224 g/mol. The van der Waals surface area contributed by atoms with Crippen LogP contribution in [0.25, 0.3) is 0 Å². The second kappa shape index (κ2) is 4.58. The van der Waals surface area contributed by atoms with E-state index in [0.717, 1.165) is 18.7 Å². The number of rotatable bonds is 4. The summed E-state index contributed by atoms with van der Waals surface area (Å²) in [6.07, 6.45) is 2.30. The zero-order valence-corrected chi connectivity index (χ0v) is 8.12. The van der Waals surface area contributed by atoms with Gasteiger partial charge in [-0.25, -0.2) is 0 Å². The summed E-state index contributed by atoms with van der Waals surface area (Å²) in [6, 6.07) is 1.16. The Kier molecular flexibility index (Phi) is 2.97. The van der Waals surface area contributed by atoms with Crippen molar-refractivity contribution in [2.75, 3.05) is 0 Å². The van der Waals surface area contributed by atoms with Gasteiger partial charge < -0.3 is 18.8 Å².